The van der Waals surface area contributed by atoms with Gasteiger partial charge < -0.3 is 14.7 Å². The largest absolute Gasteiger partial charge is 0.366 e. The van der Waals surface area contributed by atoms with Crippen molar-refractivity contribution in [1.29, 1.82) is 0 Å². The average molecular weight is 369 g/mol. The Hall–Kier alpha value is -2.11. The second kappa shape index (κ2) is 7.87. The van der Waals surface area contributed by atoms with Gasteiger partial charge >= 0.3 is 0 Å². The van der Waals surface area contributed by atoms with Crippen molar-refractivity contribution in [2.75, 3.05) is 62.7 Å². The number of hydrogen-bond acceptors (Lipinski definition) is 4. The summed E-state index contributed by atoms with van der Waals surface area (Å²) in [6.45, 7) is 9.63. The minimum absolute atomic E-state index is 0.177. The monoisotopic (exact) mass is 368 g/mol. The predicted octanol–water partition coefficient (Wildman–Crippen LogP) is 3.42. The second-order valence-corrected chi connectivity index (χ2v) is 7.75. The predicted molar refractivity (Wildman–Crippen MR) is 111 cm³/mol. The zero-order valence-corrected chi connectivity index (χ0v) is 16.3. The first kappa shape index (κ1) is 18.3. The van der Waals surface area contributed by atoms with E-state index in [0.29, 0.717) is 6.04 Å². The first-order valence-electron chi connectivity index (χ1n) is 9.91. The minimum Gasteiger partial charge on any atom is -0.366 e. The fourth-order valence-electron chi connectivity index (χ4n) is 4.20. The number of benzene rings is 2. The van der Waals surface area contributed by atoms with Crippen LogP contribution in [0.4, 0.5) is 21.5 Å². The lowest BCUT2D eigenvalue weighted by atomic mass is 10.1. The zero-order valence-electron chi connectivity index (χ0n) is 16.3. The van der Waals surface area contributed by atoms with Crippen molar-refractivity contribution < 1.29 is 4.39 Å². The molecule has 2 aromatic carbocycles. The molecule has 1 saturated heterocycles. The first-order chi connectivity index (χ1) is 13.1. The van der Waals surface area contributed by atoms with Crippen molar-refractivity contribution in [3.8, 4) is 0 Å². The van der Waals surface area contributed by atoms with E-state index in [4.69, 9.17) is 0 Å². The van der Waals surface area contributed by atoms with Gasteiger partial charge in [0.15, 0.2) is 0 Å². The molecule has 0 amide bonds. The summed E-state index contributed by atoms with van der Waals surface area (Å²) in [5.41, 5.74) is 3.22. The van der Waals surface area contributed by atoms with Gasteiger partial charge in [-0.15, -0.1) is 0 Å². The third-order valence-corrected chi connectivity index (χ3v) is 5.88. The van der Waals surface area contributed by atoms with Crippen molar-refractivity contribution in [2.45, 2.75) is 13.0 Å². The number of halogens is 1. The Kier molecular flexibility index (Phi) is 5.32. The maximum atomic E-state index is 14.0. The van der Waals surface area contributed by atoms with Gasteiger partial charge in [0.2, 0.25) is 0 Å². The van der Waals surface area contributed by atoms with E-state index in [0.717, 1.165) is 62.9 Å². The molecule has 144 valence electrons. The number of likely N-dealkylation sites (N-methyl/N-ethyl adjacent to an activating group) is 1. The van der Waals surface area contributed by atoms with Crippen molar-refractivity contribution in [3.63, 3.8) is 0 Å². The molecule has 5 heteroatoms. The van der Waals surface area contributed by atoms with Crippen LogP contribution in [0.1, 0.15) is 6.92 Å². The first-order valence-corrected chi connectivity index (χ1v) is 9.91. The lowest BCUT2D eigenvalue weighted by Gasteiger charge is -2.43. The van der Waals surface area contributed by atoms with Gasteiger partial charge in [0.25, 0.3) is 0 Å². The summed E-state index contributed by atoms with van der Waals surface area (Å²) in [6, 6.07) is 16.0. The van der Waals surface area contributed by atoms with Crippen LogP contribution in [0.5, 0.6) is 0 Å². The Balaban J connectivity index is 1.55. The molecule has 2 heterocycles. The standard InChI is InChI=1S/C22H29FN4/c1-18(25-12-10-24(2)11-13-25)17-26-14-15-27(20-6-4-3-5-7-20)22-16-19(23)8-9-21(22)26/h3-9,16,18H,10-15,17H2,1-2H3. The molecule has 0 N–H and O–H groups in total. The Morgan fingerprint density at radius 1 is 0.889 bits per heavy atom. The van der Waals surface area contributed by atoms with Gasteiger partial charge in [0, 0.05) is 57.5 Å². The van der Waals surface area contributed by atoms with Gasteiger partial charge in [0.05, 0.1) is 11.4 Å². The molecule has 2 aliphatic heterocycles. The van der Waals surface area contributed by atoms with Crippen LogP contribution in [-0.2, 0) is 0 Å². The number of rotatable bonds is 4. The third kappa shape index (κ3) is 3.94. The second-order valence-electron chi connectivity index (χ2n) is 7.75. The van der Waals surface area contributed by atoms with E-state index in [9.17, 15) is 4.39 Å². The molecular formula is C22H29FN4. The Morgan fingerprint density at radius 2 is 1.63 bits per heavy atom. The summed E-state index contributed by atoms with van der Waals surface area (Å²) < 4.78 is 14.0. The highest BCUT2D eigenvalue weighted by atomic mass is 19.1. The van der Waals surface area contributed by atoms with E-state index < -0.39 is 0 Å². The highest BCUT2D eigenvalue weighted by molar-refractivity contribution is 5.79. The van der Waals surface area contributed by atoms with Crippen LogP contribution in [0.3, 0.4) is 0 Å². The van der Waals surface area contributed by atoms with E-state index in [1.54, 1.807) is 12.1 Å². The van der Waals surface area contributed by atoms with Crippen molar-refractivity contribution >= 4 is 17.1 Å². The van der Waals surface area contributed by atoms with Gasteiger partial charge in [0.1, 0.15) is 5.82 Å². The Labute approximate surface area is 161 Å². The number of anilines is 3. The lowest BCUT2D eigenvalue weighted by molar-refractivity contribution is 0.121. The van der Waals surface area contributed by atoms with Crippen LogP contribution < -0.4 is 9.80 Å². The summed E-state index contributed by atoms with van der Waals surface area (Å²) in [6.07, 6.45) is 0. The quantitative estimate of drug-likeness (QED) is 0.820. The molecule has 1 unspecified atom stereocenters. The smallest absolute Gasteiger partial charge is 0.125 e. The number of hydrogen-bond donors (Lipinski definition) is 0. The van der Waals surface area contributed by atoms with Crippen molar-refractivity contribution in [1.82, 2.24) is 9.80 Å². The molecule has 2 aliphatic rings. The number of para-hydroxylation sites is 1. The molecule has 27 heavy (non-hydrogen) atoms. The summed E-state index contributed by atoms with van der Waals surface area (Å²) in [7, 11) is 2.19. The summed E-state index contributed by atoms with van der Waals surface area (Å²) >= 11 is 0. The topological polar surface area (TPSA) is 13.0 Å². The van der Waals surface area contributed by atoms with Gasteiger partial charge in [-0.3, -0.25) is 4.90 Å². The number of piperazine rings is 1. The molecule has 0 saturated carbocycles. The van der Waals surface area contributed by atoms with E-state index in [1.807, 2.05) is 24.3 Å². The molecular weight excluding hydrogens is 339 g/mol. The molecule has 0 bridgehead atoms. The Morgan fingerprint density at radius 3 is 2.37 bits per heavy atom. The van der Waals surface area contributed by atoms with Crippen LogP contribution in [0.25, 0.3) is 0 Å². The van der Waals surface area contributed by atoms with Crippen LogP contribution in [-0.4, -0.2) is 68.7 Å². The van der Waals surface area contributed by atoms with Crippen LogP contribution in [0.2, 0.25) is 0 Å². The normalized spacial score (nSPS) is 19.8. The minimum atomic E-state index is -0.177. The molecule has 0 spiro atoms. The molecule has 0 aromatic heterocycles. The SMILES string of the molecule is CC(CN1CCN(c2ccccc2)c2cc(F)ccc21)N1CCN(C)CC1. The maximum Gasteiger partial charge on any atom is 0.125 e. The average Bonchev–Trinajstić information content (AvgIpc) is 2.69. The third-order valence-electron chi connectivity index (χ3n) is 5.88. The van der Waals surface area contributed by atoms with Gasteiger partial charge in [-0.1, -0.05) is 18.2 Å². The van der Waals surface area contributed by atoms with Crippen LogP contribution in [0, 0.1) is 5.82 Å². The zero-order chi connectivity index (χ0) is 18.8. The van der Waals surface area contributed by atoms with Crippen molar-refractivity contribution in [3.05, 3.63) is 54.3 Å². The van der Waals surface area contributed by atoms with E-state index in [-0.39, 0.29) is 5.82 Å². The van der Waals surface area contributed by atoms with Gasteiger partial charge in [-0.05, 0) is 44.3 Å². The summed E-state index contributed by atoms with van der Waals surface area (Å²) in [5, 5.41) is 0. The van der Waals surface area contributed by atoms with E-state index in [2.05, 4.69) is 45.7 Å². The van der Waals surface area contributed by atoms with E-state index in [1.165, 1.54) is 0 Å². The fraction of sp³-hybridized carbons (Fsp3) is 0.455. The molecule has 2 aromatic rings. The molecule has 0 radical (unpaired) electrons. The molecule has 4 rings (SSSR count). The summed E-state index contributed by atoms with van der Waals surface area (Å²) in [4.78, 5) is 9.62. The summed E-state index contributed by atoms with van der Waals surface area (Å²) in [5.74, 6) is -0.177. The van der Waals surface area contributed by atoms with E-state index >= 15 is 0 Å². The molecule has 1 atom stereocenters. The van der Waals surface area contributed by atoms with Gasteiger partial charge in [-0.25, -0.2) is 4.39 Å². The highest BCUT2D eigenvalue weighted by Gasteiger charge is 2.27. The number of nitrogens with zero attached hydrogens (tertiary/aromatic N) is 4. The highest BCUT2D eigenvalue weighted by Crippen LogP contribution is 2.38. The molecule has 1 fully saturated rings. The molecule has 0 aliphatic carbocycles. The van der Waals surface area contributed by atoms with Gasteiger partial charge in [-0.2, -0.15) is 0 Å². The van der Waals surface area contributed by atoms with Crippen LogP contribution in [0.15, 0.2) is 48.5 Å². The molecule has 4 nitrogen and oxygen atoms in total. The fourth-order valence-corrected chi connectivity index (χ4v) is 4.20. The van der Waals surface area contributed by atoms with Crippen molar-refractivity contribution in [2.24, 2.45) is 0 Å². The number of fused-ring (bicyclic) bond motifs is 1. The van der Waals surface area contributed by atoms with Crippen LogP contribution >= 0.6 is 0 Å². The Bertz CT molecular complexity index is 758. The lowest BCUT2D eigenvalue weighted by Crippen LogP contribution is -2.52. The maximum absolute atomic E-state index is 14.0.